The molecule has 0 saturated carbocycles. The quantitative estimate of drug-likeness (QED) is 0.504. The lowest BCUT2D eigenvalue weighted by Gasteiger charge is -2.28. The van der Waals surface area contributed by atoms with Crippen molar-refractivity contribution in [3.63, 3.8) is 0 Å². The summed E-state index contributed by atoms with van der Waals surface area (Å²) in [6, 6.07) is 16.3. The van der Waals surface area contributed by atoms with Gasteiger partial charge in [0.05, 0.1) is 9.92 Å². The first-order valence-electron chi connectivity index (χ1n) is 11.1. The number of aryl methyl sites for hydroxylation is 1. The van der Waals surface area contributed by atoms with Crippen molar-refractivity contribution >= 4 is 43.2 Å². The van der Waals surface area contributed by atoms with Gasteiger partial charge in [-0.25, -0.2) is 21.1 Å². The number of rotatable bonds is 6. The Balaban J connectivity index is 1.62. The molecule has 0 unspecified atom stereocenters. The van der Waals surface area contributed by atoms with Gasteiger partial charge in [-0.1, -0.05) is 41.9 Å². The highest BCUT2D eigenvalue weighted by Crippen LogP contribution is 2.30. The van der Waals surface area contributed by atoms with Crippen LogP contribution in [0.25, 0.3) is 0 Å². The summed E-state index contributed by atoms with van der Waals surface area (Å²) in [7, 11) is -4.83. The molecule has 4 rings (SSSR count). The Bertz CT molecular complexity index is 1550. The Morgan fingerprint density at radius 2 is 1.64 bits per heavy atom. The Hall–Kier alpha value is -2.76. The lowest BCUT2D eigenvalue weighted by Crippen LogP contribution is -2.36. The zero-order chi connectivity index (χ0) is 26.3. The van der Waals surface area contributed by atoms with Crippen molar-refractivity contribution in [2.45, 2.75) is 29.7 Å². The summed E-state index contributed by atoms with van der Waals surface area (Å²) in [4.78, 5) is 12.9. The fourth-order valence-electron chi connectivity index (χ4n) is 4.01. The third-order valence-corrected chi connectivity index (χ3v) is 10.4. The molecule has 1 N–H and O–H groups in total. The van der Waals surface area contributed by atoms with Crippen molar-refractivity contribution < 1.29 is 21.6 Å². The molecule has 1 amide bonds. The van der Waals surface area contributed by atoms with E-state index in [1.54, 1.807) is 19.1 Å². The van der Waals surface area contributed by atoms with Crippen molar-refractivity contribution in [1.82, 2.24) is 8.61 Å². The molecule has 3 aromatic carbocycles. The van der Waals surface area contributed by atoms with Gasteiger partial charge in [0.15, 0.2) is 0 Å². The van der Waals surface area contributed by atoms with E-state index in [9.17, 15) is 21.6 Å². The summed E-state index contributed by atoms with van der Waals surface area (Å²) >= 11 is 6.27. The summed E-state index contributed by atoms with van der Waals surface area (Å²) in [5.74, 6) is -0.593. The highest BCUT2D eigenvalue weighted by molar-refractivity contribution is 7.89. The van der Waals surface area contributed by atoms with Gasteiger partial charge in [0.25, 0.3) is 5.91 Å². The van der Waals surface area contributed by atoms with Crippen molar-refractivity contribution in [3.8, 4) is 0 Å². The van der Waals surface area contributed by atoms with E-state index in [0.29, 0.717) is 18.5 Å². The minimum atomic E-state index is -3.97. The Labute approximate surface area is 216 Å². The fraction of sp³-hybridized carbons (Fsp3) is 0.240. The molecule has 190 valence electrons. The second-order valence-corrected chi connectivity index (χ2v) is 13.2. The molecular formula is C25H26ClN3O5S2. The number of hydrogen-bond acceptors (Lipinski definition) is 5. The van der Waals surface area contributed by atoms with Gasteiger partial charge in [-0.05, 0) is 60.4 Å². The first kappa shape index (κ1) is 26.3. The number of halogens is 1. The third kappa shape index (κ3) is 5.05. The monoisotopic (exact) mass is 547 g/mol. The molecule has 1 aliphatic rings. The molecule has 36 heavy (non-hydrogen) atoms. The highest BCUT2D eigenvalue weighted by atomic mass is 35.5. The van der Waals surface area contributed by atoms with Crippen LogP contribution in [0.5, 0.6) is 0 Å². The minimum absolute atomic E-state index is 0.0140. The molecule has 0 bridgehead atoms. The number of hydrogen-bond donors (Lipinski definition) is 1. The summed E-state index contributed by atoms with van der Waals surface area (Å²) in [5, 5.41) is 2.67. The summed E-state index contributed by atoms with van der Waals surface area (Å²) in [6.07, 6.45) is 0.582. The molecule has 1 aliphatic heterocycles. The maximum Gasteiger partial charge on any atom is 0.255 e. The van der Waals surface area contributed by atoms with E-state index in [1.807, 2.05) is 24.3 Å². The number of amides is 1. The average molecular weight is 548 g/mol. The standard InChI is InChI=1S/C25H26ClN3O5S2/c1-17-8-10-21(15-23(17)35(31,32)28(2)3)27-25(30)19-9-11-22(26)24(14-19)36(33,34)29-13-12-18-6-4-5-7-20(18)16-29/h4-11,14-15H,12-13,16H2,1-3H3,(H,27,30). The second kappa shape index (κ2) is 9.95. The Kier molecular flexibility index (Phi) is 7.27. The molecule has 8 nitrogen and oxygen atoms in total. The number of sulfonamides is 2. The predicted molar refractivity (Wildman–Crippen MR) is 139 cm³/mol. The van der Waals surface area contributed by atoms with Gasteiger partial charge < -0.3 is 5.32 Å². The van der Waals surface area contributed by atoms with Crippen LogP contribution in [-0.2, 0) is 33.0 Å². The van der Waals surface area contributed by atoms with Gasteiger partial charge >= 0.3 is 0 Å². The first-order chi connectivity index (χ1) is 16.9. The second-order valence-electron chi connectivity index (χ2n) is 8.72. The number of carbonyl (C=O) groups excluding carboxylic acids is 1. The van der Waals surface area contributed by atoms with Gasteiger partial charge in [0.2, 0.25) is 20.0 Å². The van der Waals surface area contributed by atoms with Gasteiger partial charge in [0.1, 0.15) is 4.90 Å². The van der Waals surface area contributed by atoms with Crippen LogP contribution in [0.3, 0.4) is 0 Å². The highest BCUT2D eigenvalue weighted by Gasteiger charge is 2.30. The maximum atomic E-state index is 13.4. The first-order valence-corrected chi connectivity index (χ1v) is 14.4. The van der Waals surface area contributed by atoms with Crippen LogP contribution in [0.2, 0.25) is 5.02 Å². The van der Waals surface area contributed by atoms with Crippen LogP contribution in [0.1, 0.15) is 27.0 Å². The van der Waals surface area contributed by atoms with Gasteiger partial charge in [0, 0.05) is 38.4 Å². The lowest BCUT2D eigenvalue weighted by atomic mass is 10.0. The van der Waals surface area contributed by atoms with Crippen LogP contribution in [0.4, 0.5) is 5.69 Å². The Morgan fingerprint density at radius 3 is 2.33 bits per heavy atom. The number of fused-ring (bicyclic) bond motifs is 1. The zero-order valence-electron chi connectivity index (χ0n) is 20.0. The van der Waals surface area contributed by atoms with Crippen molar-refractivity contribution in [2.75, 3.05) is 26.0 Å². The number of benzene rings is 3. The smallest absolute Gasteiger partial charge is 0.255 e. The molecule has 0 spiro atoms. The molecule has 0 aromatic heterocycles. The molecule has 0 aliphatic carbocycles. The third-order valence-electron chi connectivity index (χ3n) is 6.11. The van der Waals surface area contributed by atoms with E-state index in [2.05, 4.69) is 5.32 Å². The van der Waals surface area contributed by atoms with E-state index in [0.717, 1.165) is 15.4 Å². The van der Waals surface area contributed by atoms with E-state index in [1.165, 1.54) is 42.7 Å². The maximum absolute atomic E-state index is 13.4. The number of nitrogens with zero attached hydrogens (tertiary/aromatic N) is 2. The molecule has 11 heteroatoms. The van der Waals surface area contributed by atoms with Crippen LogP contribution < -0.4 is 5.32 Å². The zero-order valence-corrected chi connectivity index (χ0v) is 22.4. The van der Waals surface area contributed by atoms with Gasteiger partial charge in [-0.15, -0.1) is 0 Å². The van der Waals surface area contributed by atoms with E-state index in [4.69, 9.17) is 11.6 Å². The summed E-state index contributed by atoms with van der Waals surface area (Å²) in [5.41, 5.74) is 2.91. The number of carbonyl (C=O) groups is 1. The van der Waals surface area contributed by atoms with Crippen LogP contribution >= 0.6 is 11.6 Å². The average Bonchev–Trinajstić information content (AvgIpc) is 2.84. The molecule has 0 radical (unpaired) electrons. The normalized spacial score (nSPS) is 14.5. The molecule has 3 aromatic rings. The SMILES string of the molecule is Cc1ccc(NC(=O)c2ccc(Cl)c(S(=O)(=O)N3CCc4ccccc4C3)c2)cc1S(=O)(=O)N(C)C. The topological polar surface area (TPSA) is 104 Å². The van der Waals surface area contributed by atoms with Crippen molar-refractivity contribution in [1.29, 1.82) is 0 Å². The number of anilines is 1. The number of nitrogens with one attached hydrogen (secondary N) is 1. The molecular weight excluding hydrogens is 522 g/mol. The summed E-state index contributed by atoms with van der Waals surface area (Å²) < 4.78 is 54.6. The van der Waals surface area contributed by atoms with Crippen molar-refractivity contribution in [3.05, 3.63) is 87.9 Å². The molecule has 0 atom stereocenters. The van der Waals surface area contributed by atoms with Crippen LogP contribution in [0.15, 0.2) is 70.5 Å². The predicted octanol–water partition coefficient (Wildman–Crippen LogP) is 3.90. The van der Waals surface area contributed by atoms with E-state index in [-0.39, 0.29) is 32.6 Å². The van der Waals surface area contributed by atoms with Gasteiger partial charge in [-0.3, -0.25) is 4.79 Å². The van der Waals surface area contributed by atoms with E-state index < -0.39 is 26.0 Å². The van der Waals surface area contributed by atoms with Gasteiger partial charge in [-0.2, -0.15) is 4.31 Å². The largest absolute Gasteiger partial charge is 0.322 e. The lowest BCUT2D eigenvalue weighted by molar-refractivity contribution is 0.102. The van der Waals surface area contributed by atoms with Crippen LogP contribution in [0, 0.1) is 6.92 Å². The van der Waals surface area contributed by atoms with Crippen LogP contribution in [-0.4, -0.2) is 52.0 Å². The van der Waals surface area contributed by atoms with E-state index >= 15 is 0 Å². The summed E-state index contributed by atoms with van der Waals surface area (Å²) in [6.45, 7) is 2.19. The minimum Gasteiger partial charge on any atom is -0.322 e. The molecule has 0 saturated heterocycles. The molecule has 1 heterocycles. The van der Waals surface area contributed by atoms with Crippen molar-refractivity contribution in [2.24, 2.45) is 0 Å². The molecule has 0 fully saturated rings. The fourth-order valence-corrected chi connectivity index (χ4v) is 7.08. The Morgan fingerprint density at radius 1 is 0.944 bits per heavy atom.